The van der Waals surface area contributed by atoms with Crippen molar-refractivity contribution in [2.75, 3.05) is 24.2 Å². The van der Waals surface area contributed by atoms with Gasteiger partial charge < -0.3 is 21.1 Å². The van der Waals surface area contributed by atoms with Crippen LogP contribution in [-0.4, -0.2) is 31.2 Å². The molecule has 5 heteroatoms. The smallest absolute Gasteiger partial charge is 0.251 e. The standard InChI is InChI=1S/C15H23N3O2/c1-3-17-15(19)10-5-6-14(13(16)7-10)18-11-8-12(9-11)20-4-2/h5-7,11-12,18H,3-4,8-9,16H2,1-2H3,(H,17,19). The molecule has 1 aliphatic rings. The summed E-state index contributed by atoms with van der Waals surface area (Å²) in [6.45, 7) is 5.28. The van der Waals surface area contributed by atoms with E-state index in [0.29, 0.717) is 29.9 Å². The van der Waals surface area contributed by atoms with E-state index in [4.69, 9.17) is 10.5 Å². The van der Waals surface area contributed by atoms with Crippen LogP contribution in [0.25, 0.3) is 0 Å². The van der Waals surface area contributed by atoms with Gasteiger partial charge in [0.1, 0.15) is 0 Å². The third kappa shape index (κ3) is 3.42. The minimum atomic E-state index is -0.0918. The van der Waals surface area contributed by atoms with Crippen LogP contribution in [0.4, 0.5) is 11.4 Å². The summed E-state index contributed by atoms with van der Waals surface area (Å²) < 4.78 is 5.53. The first kappa shape index (κ1) is 14.7. The van der Waals surface area contributed by atoms with Gasteiger partial charge in [-0.1, -0.05) is 0 Å². The largest absolute Gasteiger partial charge is 0.397 e. The van der Waals surface area contributed by atoms with Crippen molar-refractivity contribution in [3.05, 3.63) is 23.8 Å². The minimum absolute atomic E-state index is 0.0918. The molecule has 0 spiro atoms. The highest BCUT2D eigenvalue weighted by Crippen LogP contribution is 2.29. The summed E-state index contributed by atoms with van der Waals surface area (Å²) in [5.41, 5.74) is 8.09. The lowest BCUT2D eigenvalue weighted by Gasteiger charge is -2.36. The second kappa shape index (κ2) is 6.61. The Bertz CT molecular complexity index is 470. The second-order valence-corrected chi connectivity index (χ2v) is 5.05. The van der Waals surface area contributed by atoms with E-state index in [1.54, 1.807) is 12.1 Å². The van der Waals surface area contributed by atoms with E-state index in [1.807, 2.05) is 19.9 Å². The van der Waals surface area contributed by atoms with Gasteiger partial charge in [0.15, 0.2) is 0 Å². The van der Waals surface area contributed by atoms with Crippen LogP contribution in [0.2, 0.25) is 0 Å². The fraction of sp³-hybridized carbons (Fsp3) is 0.533. The molecule has 1 fully saturated rings. The molecule has 1 aliphatic carbocycles. The van der Waals surface area contributed by atoms with Crippen LogP contribution in [0.3, 0.4) is 0 Å². The van der Waals surface area contributed by atoms with Crippen molar-refractivity contribution in [1.82, 2.24) is 5.32 Å². The van der Waals surface area contributed by atoms with Crippen molar-refractivity contribution in [3.8, 4) is 0 Å². The monoisotopic (exact) mass is 277 g/mol. The van der Waals surface area contributed by atoms with E-state index < -0.39 is 0 Å². The average molecular weight is 277 g/mol. The summed E-state index contributed by atoms with van der Waals surface area (Å²) in [6, 6.07) is 5.78. The number of rotatable bonds is 6. The lowest BCUT2D eigenvalue weighted by atomic mass is 9.89. The molecule has 0 saturated heterocycles. The fourth-order valence-electron chi connectivity index (χ4n) is 2.37. The van der Waals surface area contributed by atoms with Crippen LogP contribution >= 0.6 is 0 Å². The van der Waals surface area contributed by atoms with Gasteiger partial charge in [-0.05, 0) is 44.9 Å². The lowest BCUT2D eigenvalue weighted by Crippen LogP contribution is -2.40. The Hall–Kier alpha value is -1.75. The highest BCUT2D eigenvalue weighted by Gasteiger charge is 2.29. The molecule has 1 amide bonds. The summed E-state index contributed by atoms with van der Waals surface area (Å²) in [5, 5.41) is 6.16. The summed E-state index contributed by atoms with van der Waals surface area (Å²) in [5.74, 6) is -0.0918. The van der Waals surface area contributed by atoms with Crippen LogP contribution in [0.5, 0.6) is 0 Å². The Morgan fingerprint density at radius 1 is 1.40 bits per heavy atom. The molecule has 1 saturated carbocycles. The van der Waals surface area contributed by atoms with Crippen molar-refractivity contribution >= 4 is 17.3 Å². The van der Waals surface area contributed by atoms with Gasteiger partial charge in [0.05, 0.1) is 17.5 Å². The number of hydrogen-bond donors (Lipinski definition) is 3. The number of nitrogens with one attached hydrogen (secondary N) is 2. The Balaban J connectivity index is 1.92. The van der Waals surface area contributed by atoms with Crippen LogP contribution in [0.1, 0.15) is 37.0 Å². The first-order valence-corrected chi connectivity index (χ1v) is 7.19. The lowest BCUT2D eigenvalue weighted by molar-refractivity contribution is 0.00300. The number of nitrogens with two attached hydrogens (primary N) is 1. The highest BCUT2D eigenvalue weighted by atomic mass is 16.5. The van der Waals surface area contributed by atoms with Gasteiger partial charge in [0.2, 0.25) is 0 Å². The predicted octanol–water partition coefficient (Wildman–Crippen LogP) is 2.00. The average Bonchev–Trinajstić information content (AvgIpc) is 2.38. The molecule has 20 heavy (non-hydrogen) atoms. The molecule has 0 aliphatic heterocycles. The molecular weight excluding hydrogens is 254 g/mol. The third-order valence-electron chi connectivity index (χ3n) is 3.51. The maximum Gasteiger partial charge on any atom is 0.251 e. The Morgan fingerprint density at radius 3 is 2.75 bits per heavy atom. The van der Waals surface area contributed by atoms with Crippen LogP contribution < -0.4 is 16.4 Å². The van der Waals surface area contributed by atoms with Crippen molar-refractivity contribution in [1.29, 1.82) is 0 Å². The van der Waals surface area contributed by atoms with Crippen molar-refractivity contribution in [2.45, 2.75) is 38.8 Å². The Kier molecular flexibility index (Phi) is 4.84. The first-order valence-electron chi connectivity index (χ1n) is 7.19. The SMILES string of the molecule is CCNC(=O)c1ccc(NC2CC(OCC)C2)c(N)c1. The van der Waals surface area contributed by atoms with Crippen LogP contribution in [-0.2, 0) is 4.74 Å². The summed E-state index contributed by atoms with van der Waals surface area (Å²) >= 11 is 0. The van der Waals surface area contributed by atoms with E-state index in [2.05, 4.69) is 10.6 Å². The zero-order chi connectivity index (χ0) is 14.5. The quantitative estimate of drug-likeness (QED) is 0.695. The van der Waals surface area contributed by atoms with E-state index >= 15 is 0 Å². The second-order valence-electron chi connectivity index (χ2n) is 5.05. The molecule has 2 rings (SSSR count). The third-order valence-corrected chi connectivity index (χ3v) is 3.51. The Morgan fingerprint density at radius 2 is 2.15 bits per heavy atom. The van der Waals surface area contributed by atoms with Gasteiger partial charge in [-0.25, -0.2) is 0 Å². The maximum absolute atomic E-state index is 11.7. The van der Waals surface area contributed by atoms with Crippen LogP contribution in [0, 0.1) is 0 Å². The van der Waals surface area contributed by atoms with Gasteiger partial charge in [0, 0.05) is 24.8 Å². The molecule has 0 bridgehead atoms. The molecule has 0 atom stereocenters. The van der Waals surface area contributed by atoms with Crippen molar-refractivity contribution < 1.29 is 9.53 Å². The summed E-state index contributed by atoms with van der Waals surface area (Å²) in [6.07, 6.45) is 2.38. The van der Waals surface area contributed by atoms with Gasteiger partial charge in [-0.3, -0.25) is 4.79 Å². The normalized spacial score (nSPS) is 21.1. The summed E-state index contributed by atoms with van der Waals surface area (Å²) in [7, 11) is 0. The maximum atomic E-state index is 11.7. The number of benzene rings is 1. The van der Waals surface area contributed by atoms with Crippen LogP contribution in [0.15, 0.2) is 18.2 Å². The first-order chi connectivity index (χ1) is 9.63. The van der Waals surface area contributed by atoms with Gasteiger partial charge >= 0.3 is 0 Å². The number of amides is 1. The molecular formula is C15H23N3O2. The predicted molar refractivity (Wildman–Crippen MR) is 80.9 cm³/mol. The number of carbonyl (C=O) groups is 1. The molecule has 1 aromatic rings. The molecule has 0 unspecified atom stereocenters. The summed E-state index contributed by atoms with van der Waals surface area (Å²) in [4.78, 5) is 11.7. The molecule has 0 heterocycles. The molecule has 110 valence electrons. The zero-order valence-electron chi connectivity index (χ0n) is 12.1. The molecule has 4 N–H and O–H groups in total. The molecule has 5 nitrogen and oxygen atoms in total. The number of nitrogen functional groups attached to an aromatic ring is 1. The van der Waals surface area contributed by atoms with Crippen molar-refractivity contribution in [3.63, 3.8) is 0 Å². The molecule has 0 radical (unpaired) electrons. The topological polar surface area (TPSA) is 76.4 Å². The van der Waals surface area contributed by atoms with E-state index in [-0.39, 0.29) is 5.91 Å². The van der Waals surface area contributed by atoms with E-state index in [1.165, 1.54) is 0 Å². The zero-order valence-corrected chi connectivity index (χ0v) is 12.1. The van der Waals surface area contributed by atoms with E-state index in [0.717, 1.165) is 25.1 Å². The van der Waals surface area contributed by atoms with Gasteiger partial charge in [-0.15, -0.1) is 0 Å². The van der Waals surface area contributed by atoms with E-state index in [9.17, 15) is 4.79 Å². The molecule has 1 aromatic carbocycles. The number of ether oxygens (including phenoxy) is 1. The highest BCUT2D eigenvalue weighted by molar-refractivity contribution is 5.96. The Labute approximate surface area is 119 Å². The van der Waals surface area contributed by atoms with Gasteiger partial charge in [-0.2, -0.15) is 0 Å². The number of anilines is 2. The van der Waals surface area contributed by atoms with Gasteiger partial charge in [0.25, 0.3) is 5.91 Å². The fourth-order valence-corrected chi connectivity index (χ4v) is 2.37. The molecule has 0 aromatic heterocycles. The number of hydrogen-bond acceptors (Lipinski definition) is 4. The number of carbonyl (C=O) groups excluding carboxylic acids is 1. The minimum Gasteiger partial charge on any atom is -0.397 e. The van der Waals surface area contributed by atoms with Crippen molar-refractivity contribution in [2.24, 2.45) is 0 Å².